The van der Waals surface area contributed by atoms with Gasteiger partial charge in [0.05, 0.1) is 11.2 Å². The van der Waals surface area contributed by atoms with Crippen molar-refractivity contribution in [1.82, 2.24) is 24.5 Å². The van der Waals surface area contributed by atoms with Crippen LogP contribution in [0.25, 0.3) is 10.9 Å². The number of para-hydroxylation sites is 1. The Kier molecular flexibility index (Phi) is 10.9. The number of halogens is 6. The second-order valence-corrected chi connectivity index (χ2v) is 10.1. The Morgan fingerprint density at radius 1 is 1.02 bits per heavy atom. The number of piperidine rings is 1. The number of rotatable bonds is 5. The minimum Gasteiger partial charge on any atom is -0.475 e. The molecule has 2 aliphatic rings. The van der Waals surface area contributed by atoms with Gasteiger partial charge in [-0.25, -0.2) is 9.59 Å². The van der Waals surface area contributed by atoms with Crippen LogP contribution in [0.5, 0.6) is 0 Å². The Balaban J connectivity index is 0.000000303. The highest BCUT2D eigenvalue weighted by Crippen LogP contribution is 2.28. The molecule has 236 valence electrons. The first-order valence-corrected chi connectivity index (χ1v) is 13.2. The predicted octanol–water partition coefficient (Wildman–Crippen LogP) is 3.18. The Hall–Kier alpha value is -3.99. The summed E-state index contributed by atoms with van der Waals surface area (Å²) in [6, 6.07) is 8.36. The number of nitrogens with two attached hydrogens (primary N) is 1. The Morgan fingerprint density at radius 3 is 2.26 bits per heavy atom. The van der Waals surface area contributed by atoms with E-state index < -0.39 is 24.3 Å². The molecule has 4 heterocycles. The summed E-state index contributed by atoms with van der Waals surface area (Å²) in [7, 11) is 0. The number of likely N-dealkylation sites (tertiary alicyclic amines) is 1. The fourth-order valence-corrected chi connectivity index (χ4v) is 5.04. The molecule has 2 aromatic heterocycles. The Morgan fingerprint density at radius 2 is 1.67 bits per heavy atom. The number of hydrogen-bond donors (Lipinski definition) is 3. The summed E-state index contributed by atoms with van der Waals surface area (Å²) in [6.07, 6.45) is -3.74. The zero-order chi connectivity index (χ0) is 31.9. The number of benzene rings is 1. The van der Waals surface area contributed by atoms with Crippen LogP contribution in [0.4, 0.5) is 26.3 Å². The third-order valence-corrected chi connectivity index (χ3v) is 6.85. The smallest absolute Gasteiger partial charge is 0.475 e. The molecule has 43 heavy (non-hydrogen) atoms. The van der Waals surface area contributed by atoms with E-state index in [4.69, 9.17) is 25.5 Å². The molecular formula is C26H30F6N6O5. The van der Waals surface area contributed by atoms with Crippen LogP contribution in [-0.4, -0.2) is 72.1 Å². The second-order valence-electron chi connectivity index (χ2n) is 10.1. The van der Waals surface area contributed by atoms with Crippen LogP contribution in [0.2, 0.25) is 0 Å². The van der Waals surface area contributed by atoms with Gasteiger partial charge in [0.15, 0.2) is 0 Å². The van der Waals surface area contributed by atoms with E-state index in [-0.39, 0.29) is 5.56 Å². The number of hydrogen-bond acceptors (Lipinski definition) is 7. The molecule has 4 N–H and O–H groups in total. The molecule has 0 amide bonds. The van der Waals surface area contributed by atoms with Crippen LogP contribution >= 0.6 is 0 Å². The Bertz CT molecular complexity index is 1460. The molecule has 17 heteroatoms. The summed E-state index contributed by atoms with van der Waals surface area (Å²) in [4.78, 5) is 33.0. The zero-order valence-corrected chi connectivity index (χ0v) is 22.7. The van der Waals surface area contributed by atoms with E-state index in [1.165, 1.54) is 23.8 Å². The van der Waals surface area contributed by atoms with E-state index in [1.807, 2.05) is 21.5 Å². The standard InChI is InChI=1S/C22H28N6O.2C2HF3O2/c23-11-19-15-27(25-24-19)13-16-4-2-8-26(12-16)14-18-10-21(29)28-9-3-6-17-5-1-7-20(18)22(17)28;2*3-2(4,5)1(6)7/h1,5,7,10,15-16H,2-4,6,8-9,11-14,23H2;2*(H,6,7). The van der Waals surface area contributed by atoms with Crippen LogP contribution < -0.4 is 11.3 Å². The maximum atomic E-state index is 12.8. The minimum atomic E-state index is -5.08. The molecule has 3 aromatic rings. The van der Waals surface area contributed by atoms with Gasteiger partial charge in [-0.3, -0.25) is 14.4 Å². The maximum absolute atomic E-state index is 12.8. The normalized spacial score (nSPS) is 17.0. The number of alkyl halides is 6. The van der Waals surface area contributed by atoms with Crippen LogP contribution in [0.3, 0.4) is 0 Å². The van der Waals surface area contributed by atoms with Crippen LogP contribution in [-0.2, 0) is 42.2 Å². The van der Waals surface area contributed by atoms with Crippen molar-refractivity contribution in [2.45, 2.75) is 64.2 Å². The van der Waals surface area contributed by atoms with Crippen molar-refractivity contribution in [3.63, 3.8) is 0 Å². The van der Waals surface area contributed by atoms with Crippen molar-refractivity contribution in [2.75, 3.05) is 13.1 Å². The summed E-state index contributed by atoms with van der Waals surface area (Å²) in [5.41, 5.74) is 10.3. The van der Waals surface area contributed by atoms with Crippen LogP contribution in [0.1, 0.15) is 36.1 Å². The summed E-state index contributed by atoms with van der Waals surface area (Å²) >= 11 is 0. The van der Waals surface area contributed by atoms with Crippen LogP contribution in [0, 0.1) is 5.92 Å². The lowest BCUT2D eigenvalue weighted by Gasteiger charge is -2.33. The van der Waals surface area contributed by atoms with Crippen molar-refractivity contribution in [2.24, 2.45) is 11.7 Å². The maximum Gasteiger partial charge on any atom is 0.490 e. The van der Waals surface area contributed by atoms with Crippen molar-refractivity contribution in [1.29, 1.82) is 0 Å². The molecule has 1 unspecified atom stereocenters. The number of aryl methyl sites for hydroxylation is 2. The lowest BCUT2D eigenvalue weighted by atomic mass is 9.95. The van der Waals surface area contributed by atoms with Gasteiger partial charge in [0, 0.05) is 50.4 Å². The van der Waals surface area contributed by atoms with Crippen molar-refractivity contribution in [3.8, 4) is 0 Å². The average molecular weight is 621 g/mol. The largest absolute Gasteiger partial charge is 0.490 e. The molecule has 0 saturated carbocycles. The average Bonchev–Trinajstić information content (AvgIpc) is 3.39. The molecule has 1 saturated heterocycles. The predicted molar refractivity (Wildman–Crippen MR) is 140 cm³/mol. The van der Waals surface area contributed by atoms with Gasteiger partial charge in [0.2, 0.25) is 0 Å². The van der Waals surface area contributed by atoms with Gasteiger partial charge in [0.1, 0.15) is 0 Å². The van der Waals surface area contributed by atoms with Crippen molar-refractivity contribution >= 4 is 22.8 Å². The van der Waals surface area contributed by atoms with Crippen LogP contribution in [0.15, 0.2) is 35.3 Å². The number of carboxylic acids is 2. The molecule has 11 nitrogen and oxygen atoms in total. The molecule has 0 aliphatic carbocycles. The zero-order valence-electron chi connectivity index (χ0n) is 22.7. The SMILES string of the molecule is NCc1cn(CC2CCCN(Cc3cc(=O)n4c5c(cccc35)CCC4)C2)nn1.O=C(O)C(F)(F)F.O=C(O)C(F)(F)F. The fourth-order valence-electron chi connectivity index (χ4n) is 5.04. The van der Waals surface area contributed by atoms with E-state index in [1.54, 1.807) is 0 Å². The van der Waals surface area contributed by atoms with E-state index in [0.717, 1.165) is 62.3 Å². The molecular weight excluding hydrogens is 590 g/mol. The van der Waals surface area contributed by atoms with Gasteiger partial charge in [-0.1, -0.05) is 23.4 Å². The molecule has 1 aromatic carbocycles. The molecule has 0 bridgehead atoms. The highest BCUT2D eigenvalue weighted by atomic mass is 19.4. The number of nitrogens with zero attached hydrogens (tertiary/aromatic N) is 5. The summed E-state index contributed by atoms with van der Waals surface area (Å²) in [5.74, 6) is -4.97. The summed E-state index contributed by atoms with van der Waals surface area (Å²) in [5, 5.41) is 23.8. The first kappa shape index (κ1) is 33.5. The van der Waals surface area contributed by atoms with Gasteiger partial charge >= 0.3 is 24.3 Å². The number of aromatic nitrogens is 4. The topological polar surface area (TPSA) is 157 Å². The van der Waals surface area contributed by atoms with Gasteiger partial charge in [0.25, 0.3) is 5.56 Å². The number of aliphatic carboxylic acids is 2. The molecule has 0 radical (unpaired) electrons. The third-order valence-electron chi connectivity index (χ3n) is 6.85. The monoisotopic (exact) mass is 620 g/mol. The highest BCUT2D eigenvalue weighted by Gasteiger charge is 2.38. The quantitative estimate of drug-likeness (QED) is 0.365. The van der Waals surface area contributed by atoms with Gasteiger partial charge < -0.3 is 20.5 Å². The fraction of sp³-hybridized carbons (Fsp3) is 0.500. The van der Waals surface area contributed by atoms with Crippen molar-refractivity contribution < 1.29 is 46.1 Å². The lowest BCUT2D eigenvalue weighted by Crippen LogP contribution is -2.37. The number of pyridine rings is 1. The molecule has 2 aliphatic heterocycles. The summed E-state index contributed by atoms with van der Waals surface area (Å²) in [6.45, 7) is 5.06. The third kappa shape index (κ3) is 9.25. The summed E-state index contributed by atoms with van der Waals surface area (Å²) < 4.78 is 67.4. The number of carboxylic acid groups (broad SMARTS) is 2. The van der Waals surface area contributed by atoms with Crippen molar-refractivity contribution in [3.05, 3.63) is 57.6 Å². The van der Waals surface area contributed by atoms with E-state index >= 15 is 0 Å². The minimum absolute atomic E-state index is 0.144. The van der Waals surface area contributed by atoms with E-state index in [9.17, 15) is 31.1 Å². The van der Waals surface area contributed by atoms with E-state index in [0.29, 0.717) is 12.5 Å². The Labute approximate surface area is 240 Å². The molecule has 1 fully saturated rings. The first-order chi connectivity index (χ1) is 20.1. The van der Waals surface area contributed by atoms with E-state index in [2.05, 4.69) is 33.4 Å². The molecule has 0 spiro atoms. The molecule has 5 rings (SSSR count). The second kappa shape index (κ2) is 14.0. The first-order valence-electron chi connectivity index (χ1n) is 13.2. The van der Waals surface area contributed by atoms with Gasteiger partial charge in [-0.15, -0.1) is 5.10 Å². The van der Waals surface area contributed by atoms with Gasteiger partial charge in [-0.05, 0) is 49.3 Å². The number of carbonyl (C=O) groups is 2. The lowest BCUT2D eigenvalue weighted by molar-refractivity contribution is -0.193. The molecule has 1 atom stereocenters. The van der Waals surface area contributed by atoms with Gasteiger partial charge in [-0.2, -0.15) is 26.3 Å². The highest BCUT2D eigenvalue weighted by molar-refractivity contribution is 5.86.